The number of benzene rings is 1. The molecule has 3 rings (SSSR count). The van der Waals surface area contributed by atoms with Crippen LogP contribution < -0.4 is 10.1 Å². The minimum absolute atomic E-state index is 0.0548. The molecule has 112 valence electrons. The second-order valence-electron chi connectivity index (χ2n) is 4.23. The standard InChI is InChI=1S/C14H11N3O3S2/c1-20-10-6-8(2-3-9(10)18)7-11-12(19)16-14(22-11)17-13-15-4-5-21-13/h2-7,18H,1H3,(H,15,16,17,19)/b11-7+. The molecule has 1 aromatic heterocycles. The number of hydrogen-bond acceptors (Lipinski definition) is 7. The monoisotopic (exact) mass is 333 g/mol. The number of phenols is 1. The molecular weight excluding hydrogens is 322 g/mol. The Morgan fingerprint density at radius 3 is 3.05 bits per heavy atom. The third-order valence-electron chi connectivity index (χ3n) is 2.77. The van der Waals surface area contributed by atoms with E-state index in [1.54, 1.807) is 24.4 Å². The predicted molar refractivity (Wildman–Crippen MR) is 87.6 cm³/mol. The minimum atomic E-state index is -0.215. The Bertz CT molecular complexity index is 770. The minimum Gasteiger partial charge on any atom is -0.504 e. The van der Waals surface area contributed by atoms with Crippen molar-refractivity contribution in [3.8, 4) is 11.5 Å². The van der Waals surface area contributed by atoms with E-state index in [4.69, 9.17) is 4.74 Å². The molecule has 1 aliphatic heterocycles. The number of amidine groups is 1. The van der Waals surface area contributed by atoms with Gasteiger partial charge in [-0.05, 0) is 35.5 Å². The summed E-state index contributed by atoms with van der Waals surface area (Å²) in [7, 11) is 1.47. The maximum absolute atomic E-state index is 12.0. The molecule has 0 bridgehead atoms. The lowest BCUT2D eigenvalue weighted by Gasteiger charge is -2.03. The molecule has 0 saturated carbocycles. The Labute approximate surface area is 134 Å². The number of thiazole rings is 1. The number of methoxy groups -OCH3 is 1. The molecule has 1 amide bonds. The maximum atomic E-state index is 12.0. The molecule has 0 unspecified atom stereocenters. The average Bonchev–Trinajstić information content (AvgIpc) is 3.12. The van der Waals surface area contributed by atoms with Gasteiger partial charge in [0.2, 0.25) is 5.13 Å². The van der Waals surface area contributed by atoms with Gasteiger partial charge < -0.3 is 15.2 Å². The van der Waals surface area contributed by atoms with Gasteiger partial charge in [-0.1, -0.05) is 6.07 Å². The molecule has 22 heavy (non-hydrogen) atoms. The van der Waals surface area contributed by atoms with E-state index in [1.165, 1.54) is 36.3 Å². The molecule has 2 aromatic rings. The second kappa shape index (κ2) is 6.20. The predicted octanol–water partition coefficient (Wildman–Crippen LogP) is 2.75. The number of nitrogens with zero attached hydrogens (tertiary/aromatic N) is 2. The van der Waals surface area contributed by atoms with Crippen LogP contribution in [0.2, 0.25) is 0 Å². The molecular formula is C14H11N3O3S2. The summed E-state index contributed by atoms with van der Waals surface area (Å²) in [5.74, 6) is 0.195. The molecule has 1 aliphatic rings. The third kappa shape index (κ3) is 3.12. The summed E-state index contributed by atoms with van der Waals surface area (Å²) in [6.07, 6.45) is 3.37. The van der Waals surface area contributed by atoms with E-state index < -0.39 is 0 Å². The first-order valence-corrected chi connectivity index (χ1v) is 7.91. The smallest absolute Gasteiger partial charge is 0.264 e. The molecule has 1 fully saturated rings. The quantitative estimate of drug-likeness (QED) is 0.844. The van der Waals surface area contributed by atoms with Crippen LogP contribution >= 0.6 is 23.1 Å². The number of aromatic hydroxyl groups is 1. The fourth-order valence-corrected chi connectivity index (χ4v) is 3.16. The molecule has 8 heteroatoms. The number of aliphatic imine (C=N–C) groups is 1. The van der Waals surface area contributed by atoms with Crippen molar-refractivity contribution < 1.29 is 14.6 Å². The molecule has 2 heterocycles. The van der Waals surface area contributed by atoms with E-state index in [0.29, 0.717) is 21.0 Å². The van der Waals surface area contributed by atoms with Crippen LogP contribution in [-0.2, 0) is 4.79 Å². The van der Waals surface area contributed by atoms with Gasteiger partial charge in [0.1, 0.15) is 0 Å². The first-order valence-electron chi connectivity index (χ1n) is 6.22. The third-order valence-corrected chi connectivity index (χ3v) is 4.34. The zero-order valence-electron chi connectivity index (χ0n) is 11.4. The van der Waals surface area contributed by atoms with Gasteiger partial charge in [-0.3, -0.25) is 4.79 Å². The average molecular weight is 333 g/mol. The molecule has 0 atom stereocenters. The number of ether oxygens (including phenoxy) is 1. The second-order valence-corrected chi connectivity index (χ2v) is 6.13. The van der Waals surface area contributed by atoms with Crippen molar-refractivity contribution in [2.75, 3.05) is 7.11 Å². The summed E-state index contributed by atoms with van der Waals surface area (Å²) in [6, 6.07) is 4.88. The van der Waals surface area contributed by atoms with Gasteiger partial charge in [0.05, 0.1) is 12.0 Å². The van der Waals surface area contributed by atoms with Gasteiger partial charge in [0.25, 0.3) is 5.91 Å². The molecule has 1 aromatic carbocycles. The van der Waals surface area contributed by atoms with E-state index >= 15 is 0 Å². The highest BCUT2D eigenvalue weighted by Gasteiger charge is 2.24. The van der Waals surface area contributed by atoms with E-state index in [9.17, 15) is 9.90 Å². The van der Waals surface area contributed by atoms with Crippen LogP contribution in [0.5, 0.6) is 11.5 Å². The van der Waals surface area contributed by atoms with Gasteiger partial charge in [-0.15, -0.1) is 11.3 Å². The number of phenolic OH excluding ortho intramolecular Hbond substituents is 1. The molecule has 0 aliphatic carbocycles. The number of rotatable bonds is 3. The highest BCUT2D eigenvalue weighted by Crippen LogP contribution is 2.31. The SMILES string of the molecule is COc1cc(/C=C2/S/C(=N/c3nccs3)NC2=O)ccc1O. The lowest BCUT2D eigenvalue weighted by atomic mass is 10.2. The Balaban J connectivity index is 1.84. The van der Waals surface area contributed by atoms with E-state index in [-0.39, 0.29) is 11.7 Å². The van der Waals surface area contributed by atoms with Crippen molar-refractivity contribution in [3.05, 3.63) is 40.2 Å². The molecule has 2 N–H and O–H groups in total. The van der Waals surface area contributed by atoms with Crippen molar-refractivity contribution in [2.24, 2.45) is 4.99 Å². The Kier molecular flexibility index (Phi) is 4.12. The summed E-state index contributed by atoms with van der Waals surface area (Å²) >= 11 is 2.64. The largest absolute Gasteiger partial charge is 0.504 e. The molecule has 1 saturated heterocycles. The number of hydrogen-bond donors (Lipinski definition) is 2. The molecule has 6 nitrogen and oxygen atoms in total. The van der Waals surface area contributed by atoms with Gasteiger partial charge in [0, 0.05) is 11.6 Å². The number of aromatic nitrogens is 1. The lowest BCUT2D eigenvalue weighted by molar-refractivity contribution is -0.115. The summed E-state index contributed by atoms with van der Waals surface area (Å²) < 4.78 is 5.05. The van der Waals surface area contributed by atoms with Crippen molar-refractivity contribution in [1.82, 2.24) is 10.3 Å². The zero-order valence-corrected chi connectivity index (χ0v) is 13.1. The van der Waals surface area contributed by atoms with E-state index in [2.05, 4.69) is 15.3 Å². The zero-order chi connectivity index (χ0) is 15.5. The number of carbonyl (C=O) groups is 1. The summed E-state index contributed by atoms with van der Waals surface area (Å²) in [4.78, 5) is 20.8. The molecule has 0 radical (unpaired) electrons. The summed E-state index contributed by atoms with van der Waals surface area (Å²) in [5, 5.41) is 15.2. The van der Waals surface area contributed by atoms with Crippen molar-refractivity contribution >= 4 is 45.4 Å². The van der Waals surface area contributed by atoms with Crippen molar-refractivity contribution in [2.45, 2.75) is 0 Å². The van der Waals surface area contributed by atoms with Crippen LogP contribution in [0.1, 0.15) is 5.56 Å². The Hall–Kier alpha value is -2.32. The number of amides is 1. The van der Waals surface area contributed by atoms with Crippen molar-refractivity contribution in [3.63, 3.8) is 0 Å². The van der Waals surface area contributed by atoms with Gasteiger partial charge in [-0.2, -0.15) is 4.99 Å². The van der Waals surface area contributed by atoms with Crippen LogP contribution in [0.3, 0.4) is 0 Å². The highest BCUT2D eigenvalue weighted by molar-refractivity contribution is 8.18. The normalized spacial score (nSPS) is 18.0. The van der Waals surface area contributed by atoms with E-state index in [1.807, 2.05) is 5.38 Å². The van der Waals surface area contributed by atoms with E-state index in [0.717, 1.165) is 5.56 Å². The first kappa shape index (κ1) is 14.6. The Morgan fingerprint density at radius 2 is 2.32 bits per heavy atom. The summed E-state index contributed by atoms with van der Waals surface area (Å²) in [6.45, 7) is 0. The number of thioether (sulfide) groups is 1. The van der Waals surface area contributed by atoms with Crippen LogP contribution in [0.4, 0.5) is 5.13 Å². The van der Waals surface area contributed by atoms with Gasteiger partial charge in [-0.25, -0.2) is 4.98 Å². The fraction of sp³-hybridized carbons (Fsp3) is 0.0714. The fourth-order valence-electron chi connectivity index (χ4n) is 1.77. The van der Waals surface area contributed by atoms with Crippen LogP contribution in [0.15, 0.2) is 39.7 Å². The maximum Gasteiger partial charge on any atom is 0.264 e. The molecule has 0 spiro atoms. The highest BCUT2D eigenvalue weighted by atomic mass is 32.2. The van der Waals surface area contributed by atoms with Crippen molar-refractivity contribution in [1.29, 1.82) is 0 Å². The van der Waals surface area contributed by atoms with Gasteiger partial charge >= 0.3 is 0 Å². The van der Waals surface area contributed by atoms with Crippen LogP contribution in [0, 0.1) is 0 Å². The first-order chi connectivity index (χ1) is 10.7. The summed E-state index contributed by atoms with van der Waals surface area (Å²) in [5.41, 5.74) is 0.753. The number of nitrogens with one attached hydrogen (secondary N) is 1. The topological polar surface area (TPSA) is 83.8 Å². The Morgan fingerprint density at radius 1 is 1.45 bits per heavy atom. The lowest BCUT2D eigenvalue weighted by Crippen LogP contribution is -2.19. The van der Waals surface area contributed by atoms with Crippen LogP contribution in [0.25, 0.3) is 6.08 Å². The van der Waals surface area contributed by atoms with Gasteiger partial charge in [0.15, 0.2) is 16.7 Å². The number of carbonyl (C=O) groups excluding carboxylic acids is 1. The van der Waals surface area contributed by atoms with Crippen LogP contribution in [-0.4, -0.2) is 28.3 Å².